The third-order valence-corrected chi connectivity index (χ3v) is 6.98. The summed E-state index contributed by atoms with van der Waals surface area (Å²) < 4.78 is 31.8. The van der Waals surface area contributed by atoms with E-state index in [1.54, 1.807) is 34.1 Å². The highest BCUT2D eigenvalue weighted by atomic mass is 19.1. The van der Waals surface area contributed by atoms with Gasteiger partial charge in [-0.2, -0.15) is 0 Å². The number of nitrogens with one attached hydrogen (secondary N) is 1. The fourth-order valence-electron chi connectivity index (χ4n) is 4.91. The van der Waals surface area contributed by atoms with Crippen molar-refractivity contribution in [3.8, 4) is 5.75 Å². The van der Waals surface area contributed by atoms with Crippen LogP contribution in [-0.4, -0.2) is 77.4 Å². The number of rotatable bonds is 5. The van der Waals surface area contributed by atoms with E-state index in [1.165, 1.54) is 19.4 Å². The molecule has 10 nitrogen and oxygen atoms in total. The van der Waals surface area contributed by atoms with Crippen LogP contribution in [0.3, 0.4) is 0 Å². The van der Waals surface area contributed by atoms with Gasteiger partial charge in [-0.1, -0.05) is 18.2 Å². The van der Waals surface area contributed by atoms with Crippen LogP contribution in [0, 0.1) is 5.82 Å². The number of aromatic nitrogens is 1. The van der Waals surface area contributed by atoms with Gasteiger partial charge in [-0.05, 0) is 83.7 Å². The molecular formula is C33H41FN4O6. The molecule has 0 spiro atoms. The molecule has 2 aliphatic rings. The SMILES string of the molecule is COc1ccnc(NC(=O)c2ccc(C3=CCN(C(=O)OC(C)(C)C)CC3)c(F)c2)c1C1=CCN(C(=O)OC(C)(C)C)CC1. The molecular weight excluding hydrogens is 567 g/mol. The Morgan fingerprint density at radius 3 is 1.91 bits per heavy atom. The second-order valence-corrected chi connectivity index (χ2v) is 12.7. The first-order chi connectivity index (χ1) is 20.6. The fraction of sp³-hybridized carbons (Fsp3) is 0.455. The molecule has 44 heavy (non-hydrogen) atoms. The Bertz CT molecular complexity index is 1490. The quantitative estimate of drug-likeness (QED) is 0.411. The Morgan fingerprint density at radius 1 is 0.864 bits per heavy atom. The number of benzene rings is 1. The Labute approximate surface area is 257 Å². The lowest BCUT2D eigenvalue weighted by molar-refractivity contribution is 0.0260. The van der Waals surface area contributed by atoms with Crippen molar-refractivity contribution in [2.24, 2.45) is 0 Å². The number of halogens is 1. The first-order valence-electron chi connectivity index (χ1n) is 14.6. The molecule has 0 saturated heterocycles. The zero-order valence-corrected chi connectivity index (χ0v) is 26.5. The molecule has 2 aromatic rings. The van der Waals surface area contributed by atoms with Gasteiger partial charge in [0.2, 0.25) is 0 Å². The van der Waals surface area contributed by atoms with Gasteiger partial charge in [-0.3, -0.25) is 4.79 Å². The van der Waals surface area contributed by atoms with Gasteiger partial charge >= 0.3 is 12.2 Å². The van der Waals surface area contributed by atoms with Crippen LogP contribution in [0.4, 0.5) is 19.8 Å². The summed E-state index contributed by atoms with van der Waals surface area (Å²) in [6, 6.07) is 6.04. The number of nitrogens with zero attached hydrogens (tertiary/aromatic N) is 3. The lowest BCUT2D eigenvalue weighted by atomic mass is 9.97. The number of carbonyl (C=O) groups excluding carboxylic acids is 3. The number of methoxy groups -OCH3 is 1. The molecule has 0 aliphatic carbocycles. The van der Waals surface area contributed by atoms with Crippen LogP contribution in [0.25, 0.3) is 11.1 Å². The van der Waals surface area contributed by atoms with Crippen LogP contribution in [0.1, 0.15) is 75.9 Å². The summed E-state index contributed by atoms with van der Waals surface area (Å²) in [5, 5.41) is 2.81. The predicted molar refractivity (Wildman–Crippen MR) is 166 cm³/mol. The van der Waals surface area contributed by atoms with E-state index in [4.69, 9.17) is 14.2 Å². The minimum atomic E-state index is -0.598. The van der Waals surface area contributed by atoms with Crippen LogP contribution < -0.4 is 10.1 Å². The molecule has 236 valence electrons. The fourth-order valence-corrected chi connectivity index (χ4v) is 4.91. The first-order valence-corrected chi connectivity index (χ1v) is 14.6. The summed E-state index contributed by atoms with van der Waals surface area (Å²) >= 11 is 0. The van der Waals surface area contributed by atoms with Gasteiger partial charge in [0.15, 0.2) is 0 Å². The van der Waals surface area contributed by atoms with Gasteiger partial charge in [0, 0.05) is 43.5 Å². The van der Waals surface area contributed by atoms with Gasteiger partial charge in [-0.25, -0.2) is 19.0 Å². The van der Waals surface area contributed by atoms with Crippen LogP contribution in [0.2, 0.25) is 0 Å². The second kappa shape index (κ2) is 13.1. The molecule has 0 radical (unpaired) electrons. The van der Waals surface area contributed by atoms with Crippen LogP contribution in [-0.2, 0) is 9.47 Å². The number of anilines is 1. The topological polar surface area (TPSA) is 110 Å². The van der Waals surface area contributed by atoms with Gasteiger partial charge in [0.05, 0.1) is 12.7 Å². The molecule has 0 fully saturated rings. The van der Waals surface area contributed by atoms with Crippen molar-refractivity contribution in [1.29, 1.82) is 0 Å². The Morgan fingerprint density at radius 2 is 1.43 bits per heavy atom. The van der Waals surface area contributed by atoms with E-state index in [9.17, 15) is 14.4 Å². The van der Waals surface area contributed by atoms with E-state index in [0.717, 1.165) is 11.1 Å². The summed E-state index contributed by atoms with van der Waals surface area (Å²) in [6.45, 7) is 12.3. The third kappa shape index (κ3) is 8.15. The van der Waals surface area contributed by atoms with Gasteiger partial charge in [0.1, 0.15) is 28.6 Å². The number of hydrogen-bond acceptors (Lipinski definition) is 7. The van der Waals surface area contributed by atoms with Gasteiger partial charge in [0.25, 0.3) is 5.91 Å². The Kier molecular flexibility index (Phi) is 9.66. The maximum Gasteiger partial charge on any atom is 0.410 e. The molecule has 1 aromatic carbocycles. The number of carbonyl (C=O) groups is 3. The number of amides is 3. The molecule has 1 aromatic heterocycles. The smallest absolute Gasteiger partial charge is 0.410 e. The summed E-state index contributed by atoms with van der Waals surface area (Å²) in [7, 11) is 1.53. The maximum atomic E-state index is 15.3. The van der Waals surface area contributed by atoms with Crippen molar-refractivity contribution in [3.63, 3.8) is 0 Å². The molecule has 11 heteroatoms. The average Bonchev–Trinajstić information content (AvgIpc) is 2.95. The van der Waals surface area contributed by atoms with E-state index in [0.29, 0.717) is 55.9 Å². The predicted octanol–water partition coefficient (Wildman–Crippen LogP) is 6.53. The summed E-state index contributed by atoms with van der Waals surface area (Å²) in [6.07, 6.45) is 5.37. The van der Waals surface area contributed by atoms with Crippen LogP contribution >= 0.6 is 0 Å². The molecule has 0 bridgehead atoms. The standard InChI is InChI=1S/C33H41FN4O6/c1-32(2,3)43-30(40)37-16-11-21(12-17-37)24-9-8-23(20-25(24)34)29(39)36-28-27(26(42-7)10-15-35-28)22-13-18-38(19-14-22)31(41)44-33(4,5)6/h8-11,13,15,20H,12,14,16-19H2,1-7H3,(H,35,36,39). The van der Waals surface area contributed by atoms with E-state index in [2.05, 4.69) is 10.3 Å². The lowest BCUT2D eigenvalue weighted by Crippen LogP contribution is -2.39. The largest absolute Gasteiger partial charge is 0.496 e. The number of ether oxygens (including phenoxy) is 3. The molecule has 0 unspecified atom stereocenters. The Hall–Kier alpha value is -4.41. The zero-order valence-electron chi connectivity index (χ0n) is 26.5. The van der Waals surface area contributed by atoms with E-state index < -0.39 is 35.1 Å². The molecule has 4 rings (SSSR count). The van der Waals surface area contributed by atoms with Crippen LogP contribution in [0.5, 0.6) is 5.75 Å². The average molecular weight is 609 g/mol. The van der Waals surface area contributed by atoms with Crippen molar-refractivity contribution in [3.05, 3.63) is 65.1 Å². The van der Waals surface area contributed by atoms with E-state index in [1.807, 2.05) is 47.6 Å². The summed E-state index contributed by atoms with van der Waals surface area (Å²) in [5.74, 6) is -0.282. The lowest BCUT2D eigenvalue weighted by Gasteiger charge is -2.30. The molecule has 0 saturated carbocycles. The van der Waals surface area contributed by atoms with Crippen molar-refractivity contribution in [1.82, 2.24) is 14.8 Å². The van der Waals surface area contributed by atoms with Crippen LogP contribution in [0.15, 0.2) is 42.6 Å². The van der Waals surface area contributed by atoms with Gasteiger partial charge < -0.3 is 29.3 Å². The molecule has 3 heterocycles. The maximum absolute atomic E-state index is 15.3. The monoisotopic (exact) mass is 608 g/mol. The second-order valence-electron chi connectivity index (χ2n) is 12.7. The van der Waals surface area contributed by atoms with Crippen molar-refractivity contribution < 1.29 is 33.0 Å². The summed E-state index contributed by atoms with van der Waals surface area (Å²) in [5.41, 5.74) is 1.54. The normalized spacial score (nSPS) is 15.6. The molecule has 0 atom stereocenters. The van der Waals surface area contributed by atoms with Crippen molar-refractivity contribution >= 4 is 35.1 Å². The van der Waals surface area contributed by atoms with Gasteiger partial charge in [-0.15, -0.1) is 0 Å². The minimum absolute atomic E-state index is 0.127. The highest BCUT2D eigenvalue weighted by molar-refractivity contribution is 6.05. The van der Waals surface area contributed by atoms with E-state index in [-0.39, 0.29) is 11.4 Å². The highest BCUT2D eigenvalue weighted by Crippen LogP contribution is 2.35. The molecule has 2 aliphatic heterocycles. The Balaban J connectivity index is 1.48. The molecule has 3 amide bonds. The first kappa shape index (κ1) is 32.5. The van der Waals surface area contributed by atoms with Crippen molar-refractivity contribution in [2.45, 2.75) is 65.6 Å². The highest BCUT2D eigenvalue weighted by Gasteiger charge is 2.27. The number of pyridine rings is 1. The van der Waals surface area contributed by atoms with Crippen molar-refractivity contribution in [2.75, 3.05) is 38.6 Å². The summed E-state index contributed by atoms with van der Waals surface area (Å²) in [4.78, 5) is 45.7. The zero-order chi connectivity index (χ0) is 32.2. The van der Waals surface area contributed by atoms with E-state index >= 15 is 4.39 Å². The molecule has 1 N–H and O–H groups in total. The number of hydrogen-bond donors (Lipinski definition) is 1. The third-order valence-electron chi connectivity index (χ3n) is 6.98. The minimum Gasteiger partial charge on any atom is -0.496 e.